The molecule has 4 bridgehead atoms. The van der Waals surface area contributed by atoms with Crippen LogP contribution < -0.4 is 0 Å². The Bertz CT molecular complexity index is 437. The Balaban J connectivity index is 1.43. The summed E-state index contributed by atoms with van der Waals surface area (Å²) in [6.07, 6.45) is 8.43. The van der Waals surface area contributed by atoms with Gasteiger partial charge in [0.15, 0.2) is 5.12 Å². The van der Waals surface area contributed by atoms with Gasteiger partial charge in [-0.2, -0.15) is 0 Å². The first-order valence-electron chi connectivity index (χ1n) is 7.48. The molecule has 2 nitrogen and oxygen atoms in total. The van der Waals surface area contributed by atoms with Gasteiger partial charge in [-0.1, -0.05) is 11.8 Å². The zero-order valence-electron chi connectivity index (χ0n) is 11.1. The molecule has 0 spiro atoms. The average molecular weight is 276 g/mol. The lowest BCUT2D eigenvalue weighted by Crippen LogP contribution is -2.47. The molecule has 0 unspecified atom stereocenters. The summed E-state index contributed by atoms with van der Waals surface area (Å²) in [5.74, 6) is 5.27. The normalized spacial score (nSPS) is 39.7. The summed E-state index contributed by atoms with van der Waals surface area (Å²) in [6.45, 7) is 0. The van der Waals surface area contributed by atoms with Crippen LogP contribution in [0.25, 0.3) is 0 Å². The van der Waals surface area contributed by atoms with E-state index in [1.165, 1.54) is 43.9 Å². The third-order valence-electron chi connectivity index (χ3n) is 5.44. The van der Waals surface area contributed by atoms with Gasteiger partial charge in [-0.3, -0.25) is 4.79 Å². The van der Waals surface area contributed by atoms with Crippen LogP contribution in [0.3, 0.4) is 0 Å². The molecule has 3 heteroatoms. The molecule has 0 atom stereocenters. The van der Waals surface area contributed by atoms with Gasteiger partial charge in [0.05, 0.1) is 12.0 Å². The van der Waals surface area contributed by atoms with E-state index in [1.807, 2.05) is 12.1 Å². The van der Waals surface area contributed by atoms with Gasteiger partial charge in [-0.25, -0.2) is 0 Å². The number of thioether (sulfide) groups is 1. The van der Waals surface area contributed by atoms with Crippen molar-refractivity contribution in [3.05, 3.63) is 24.2 Å². The number of carbonyl (C=O) groups is 1. The number of hydrogen-bond acceptors (Lipinski definition) is 3. The Hall–Kier alpha value is -0.700. The summed E-state index contributed by atoms with van der Waals surface area (Å²) in [6, 6.07) is 3.85. The maximum absolute atomic E-state index is 12.5. The molecule has 4 aliphatic carbocycles. The molecule has 0 aliphatic heterocycles. The standard InChI is InChI=1S/C16H20O2S/c17-16(19-9-14-2-1-3-18-14)15-12-5-10-4-11(7-12)8-13(15)6-10/h1-3,10-13,15H,4-9H2. The zero-order chi connectivity index (χ0) is 12.8. The number of hydrogen-bond donors (Lipinski definition) is 0. The van der Waals surface area contributed by atoms with Gasteiger partial charge >= 0.3 is 0 Å². The van der Waals surface area contributed by atoms with Crippen molar-refractivity contribution in [1.82, 2.24) is 0 Å². The van der Waals surface area contributed by atoms with Crippen LogP contribution in [0.5, 0.6) is 0 Å². The highest BCUT2D eigenvalue weighted by Crippen LogP contribution is 2.57. The molecule has 4 saturated carbocycles. The summed E-state index contributed by atoms with van der Waals surface area (Å²) in [7, 11) is 0. The first kappa shape index (κ1) is 12.1. The third kappa shape index (κ3) is 2.16. The SMILES string of the molecule is O=C(SCc1ccco1)C1C2CC3CC(C2)CC1C3. The Labute approximate surface area is 118 Å². The summed E-state index contributed by atoms with van der Waals surface area (Å²) in [5.41, 5.74) is 0. The topological polar surface area (TPSA) is 30.2 Å². The van der Waals surface area contributed by atoms with Crippen LogP contribution in [-0.2, 0) is 10.5 Å². The minimum atomic E-state index is 0.354. The van der Waals surface area contributed by atoms with Gasteiger partial charge in [0.25, 0.3) is 0 Å². The molecule has 5 rings (SSSR count). The first-order chi connectivity index (χ1) is 9.29. The fraction of sp³-hybridized carbons (Fsp3) is 0.688. The molecule has 0 N–H and O–H groups in total. The van der Waals surface area contributed by atoms with E-state index in [4.69, 9.17) is 4.42 Å². The molecule has 4 aliphatic rings. The highest BCUT2D eigenvalue weighted by atomic mass is 32.2. The lowest BCUT2D eigenvalue weighted by Gasteiger charge is -2.53. The van der Waals surface area contributed by atoms with Crippen molar-refractivity contribution in [2.24, 2.45) is 29.6 Å². The Morgan fingerprint density at radius 2 is 1.84 bits per heavy atom. The Kier molecular flexibility index (Phi) is 2.98. The van der Waals surface area contributed by atoms with Gasteiger partial charge < -0.3 is 4.42 Å². The van der Waals surface area contributed by atoms with Crippen LogP contribution in [-0.4, -0.2) is 5.12 Å². The second-order valence-electron chi connectivity index (χ2n) is 6.64. The average Bonchev–Trinajstić information content (AvgIpc) is 2.88. The van der Waals surface area contributed by atoms with Crippen molar-refractivity contribution < 1.29 is 9.21 Å². The molecular formula is C16H20O2S. The van der Waals surface area contributed by atoms with Crippen molar-refractivity contribution in [2.75, 3.05) is 0 Å². The maximum Gasteiger partial charge on any atom is 0.193 e. The first-order valence-corrected chi connectivity index (χ1v) is 8.47. The van der Waals surface area contributed by atoms with E-state index in [0.29, 0.717) is 28.6 Å². The Morgan fingerprint density at radius 3 is 2.42 bits per heavy atom. The lowest BCUT2D eigenvalue weighted by atomic mass is 9.52. The van der Waals surface area contributed by atoms with Gasteiger partial charge in [-0.15, -0.1) is 0 Å². The summed E-state index contributed by atoms with van der Waals surface area (Å²) < 4.78 is 5.32. The highest BCUT2D eigenvalue weighted by molar-refractivity contribution is 8.13. The van der Waals surface area contributed by atoms with E-state index < -0.39 is 0 Å². The van der Waals surface area contributed by atoms with Crippen LogP contribution in [0.15, 0.2) is 22.8 Å². The predicted molar refractivity (Wildman–Crippen MR) is 75.5 cm³/mol. The molecule has 102 valence electrons. The predicted octanol–water partition coefficient (Wildman–Crippen LogP) is 4.11. The van der Waals surface area contributed by atoms with E-state index in [1.54, 1.807) is 6.26 Å². The molecule has 0 saturated heterocycles. The zero-order valence-corrected chi connectivity index (χ0v) is 11.9. The van der Waals surface area contributed by atoms with Crippen LogP contribution in [0.4, 0.5) is 0 Å². The second kappa shape index (κ2) is 4.69. The molecule has 1 aromatic heterocycles. The van der Waals surface area contributed by atoms with Crippen LogP contribution in [0.1, 0.15) is 37.9 Å². The quantitative estimate of drug-likeness (QED) is 0.832. The smallest absolute Gasteiger partial charge is 0.193 e. The Morgan fingerprint density at radius 1 is 1.16 bits per heavy atom. The molecule has 0 radical (unpaired) electrons. The van der Waals surface area contributed by atoms with Crippen LogP contribution in [0.2, 0.25) is 0 Å². The molecule has 19 heavy (non-hydrogen) atoms. The van der Waals surface area contributed by atoms with Crippen molar-refractivity contribution >= 4 is 16.9 Å². The van der Waals surface area contributed by atoms with Gasteiger partial charge in [0, 0.05) is 5.92 Å². The monoisotopic (exact) mass is 276 g/mol. The van der Waals surface area contributed by atoms with E-state index in [2.05, 4.69) is 0 Å². The van der Waals surface area contributed by atoms with E-state index in [9.17, 15) is 4.79 Å². The maximum atomic E-state index is 12.5. The van der Waals surface area contributed by atoms with E-state index in [-0.39, 0.29) is 0 Å². The lowest BCUT2D eigenvalue weighted by molar-refractivity contribution is -0.126. The minimum Gasteiger partial charge on any atom is -0.468 e. The largest absolute Gasteiger partial charge is 0.468 e. The van der Waals surface area contributed by atoms with Crippen molar-refractivity contribution in [3.63, 3.8) is 0 Å². The number of carbonyl (C=O) groups excluding carboxylic acids is 1. The molecule has 1 heterocycles. The molecule has 1 aromatic rings. The number of furan rings is 1. The van der Waals surface area contributed by atoms with E-state index >= 15 is 0 Å². The summed E-state index contributed by atoms with van der Waals surface area (Å²) >= 11 is 1.48. The highest BCUT2D eigenvalue weighted by Gasteiger charge is 2.50. The fourth-order valence-corrected chi connectivity index (χ4v) is 5.97. The molecule has 0 aromatic carbocycles. The van der Waals surface area contributed by atoms with Gasteiger partial charge in [0.1, 0.15) is 5.76 Å². The molecular weight excluding hydrogens is 256 g/mol. The fourth-order valence-electron chi connectivity index (χ4n) is 4.94. The van der Waals surface area contributed by atoms with Crippen LogP contribution >= 0.6 is 11.8 Å². The second-order valence-corrected chi connectivity index (χ2v) is 7.62. The van der Waals surface area contributed by atoms with E-state index in [0.717, 1.165) is 17.6 Å². The summed E-state index contributed by atoms with van der Waals surface area (Å²) in [5, 5.41) is 0.435. The van der Waals surface area contributed by atoms with Crippen molar-refractivity contribution in [1.29, 1.82) is 0 Å². The van der Waals surface area contributed by atoms with Crippen molar-refractivity contribution in [3.8, 4) is 0 Å². The summed E-state index contributed by atoms with van der Waals surface area (Å²) in [4.78, 5) is 12.5. The van der Waals surface area contributed by atoms with Gasteiger partial charge in [0.2, 0.25) is 0 Å². The van der Waals surface area contributed by atoms with Gasteiger partial charge in [-0.05, 0) is 67.9 Å². The molecule has 4 fully saturated rings. The third-order valence-corrected chi connectivity index (χ3v) is 6.42. The molecule has 0 amide bonds. The van der Waals surface area contributed by atoms with Crippen LogP contribution in [0, 0.1) is 29.6 Å². The number of rotatable bonds is 3. The minimum absolute atomic E-state index is 0.354. The van der Waals surface area contributed by atoms with Crippen molar-refractivity contribution in [2.45, 2.75) is 37.9 Å².